The van der Waals surface area contributed by atoms with Crippen LogP contribution in [-0.2, 0) is 28.5 Å². The Balaban J connectivity index is 1.42. The number of amides is 1. The van der Waals surface area contributed by atoms with Gasteiger partial charge in [-0.1, -0.05) is 18.2 Å². The predicted octanol–water partition coefficient (Wildman–Crippen LogP) is 3.69. The van der Waals surface area contributed by atoms with Crippen LogP contribution < -0.4 is 10.1 Å². The summed E-state index contributed by atoms with van der Waals surface area (Å²) < 4.78 is 7.60. The number of hydrogen-bond acceptors (Lipinski definition) is 6. The number of fused-ring (bicyclic) bond motifs is 2. The number of carboxylic acid groups (broad SMARTS) is 1. The molecule has 2 aliphatic rings. The number of aliphatic carboxylic acids is 1. The van der Waals surface area contributed by atoms with Crippen molar-refractivity contribution in [2.75, 3.05) is 11.9 Å². The van der Waals surface area contributed by atoms with E-state index >= 15 is 0 Å². The van der Waals surface area contributed by atoms with Crippen molar-refractivity contribution in [1.29, 1.82) is 5.26 Å². The molecule has 1 amide bonds. The highest BCUT2D eigenvalue weighted by Crippen LogP contribution is 2.65. The van der Waals surface area contributed by atoms with Gasteiger partial charge in [0.2, 0.25) is 5.91 Å². The minimum Gasteiger partial charge on any atom is -0.493 e. The Hall–Kier alpha value is -4.19. The fraction of sp³-hybridized carbons (Fsp3) is 0.370. The molecule has 0 bridgehead atoms. The highest BCUT2D eigenvalue weighted by atomic mass is 16.5. The molecule has 9 nitrogen and oxygen atoms in total. The van der Waals surface area contributed by atoms with Gasteiger partial charge in [0.05, 0.1) is 30.4 Å². The quantitative estimate of drug-likeness (QED) is 0.522. The van der Waals surface area contributed by atoms with Crippen molar-refractivity contribution in [2.45, 2.75) is 38.0 Å². The molecule has 1 aromatic heterocycles. The average Bonchev–Trinajstić information content (AvgIpc) is 3.18. The molecule has 9 heteroatoms. The number of aromatic nitrogens is 3. The van der Waals surface area contributed by atoms with E-state index < -0.39 is 5.97 Å². The molecule has 0 saturated heterocycles. The molecular weight excluding hydrogens is 458 g/mol. The van der Waals surface area contributed by atoms with Crippen LogP contribution >= 0.6 is 0 Å². The number of nitrogens with one attached hydrogen (secondary N) is 1. The summed E-state index contributed by atoms with van der Waals surface area (Å²) in [5, 5.41) is 29.7. The third-order valence-corrected chi connectivity index (χ3v) is 7.53. The summed E-state index contributed by atoms with van der Waals surface area (Å²) in [6.45, 7) is 2.63. The first-order chi connectivity index (χ1) is 17.3. The van der Waals surface area contributed by atoms with Crippen LogP contribution in [0.1, 0.15) is 42.9 Å². The summed E-state index contributed by atoms with van der Waals surface area (Å²) in [4.78, 5) is 24.5. The largest absolute Gasteiger partial charge is 0.493 e. The minimum absolute atomic E-state index is 0.0427. The zero-order valence-corrected chi connectivity index (χ0v) is 20.2. The smallest absolute Gasteiger partial charge is 0.303 e. The van der Waals surface area contributed by atoms with Gasteiger partial charge < -0.3 is 15.2 Å². The third-order valence-electron chi connectivity index (χ3n) is 7.53. The van der Waals surface area contributed by atoms with Crippen molar-refractivity contribution in [3.05, 3.63) is 59.3 Å². The highest BCUT2D eigenvalue weighted by molar-refractivity contribution is 5.97. The monoisotopic (exact) mass is 485 g/mol. The number of nitriles is 1. The number of hydrogen-bond donors (Lipinski definition) is 2. The van der Waals surface area contributed by atoms with Crippen molar-refractivity contribution in [3.63, 3.8) is 0 Å². The number of nitrogens with zero attached hydrogens (tertiary/aromatic N) is 4. The zero-order valence-electron chi connectivity index (χ0n) is 20.2. The zero-order chi connectivity index (χ0) is 25.4. The lowest BCUT2D eigenvalue weighted by Gasteiger charge is -2.28. The summed E-state index contributed by atoms with van der Waals surface area (Å²) >= 11 is 0. The van der Waals surface area contributed by atoms with Gasteiger partial charge in [0.15, 0.2) is 0 Å². The van der Waals surface area contributed by atoms with Crippen molar-refractivity contribution in [1.82, 2.24) is 15.0 Å². The molecule has 184 valence electrons. The van der Waals surface area contributed by atoms with Crippen molar-refractivity contribution in [2.24, 2.45) is 18.9 Å². The average molecular weight is 486 g/mol. The van der Waals surface area contributed by atoms with E-state index in [-0.39, 0.29) is 29.6 Å². The van der Waals surface area contributed by atoms with E-state index in [2.05, 4.69) is 34.7 Å². The molecule has 2 N–H and O–H groups in total. The number of aryl methyl sites for hydroxylation is 2. The Kier molecular flexibility index (Phi) is 5.96. The van der Waals surface area contributed by atoms with E-state index in [0.29, 0.717) is 30.7 Å². The van der Waals surface area contributed by atoms with Crippen LogP contribution in [0, 0.1) is 23.2 Å². The Bertz CT molecular complexity index is 1390. The third kappa shape index (κ3) is 4.09. The molecule has 3 aromatic rings. The Morgan fingerprint density at radius 1 is 1.31 bits per heavy atom. The summed E-state index contributed by atoms with van der Waals surface area (Å²) in [5.41, 5.74) is 4.18. The number of carboxylic acids is 1. The van der Waals surface area contributed by atoms with Crippen LogP contribution in [0.15, 0.2) is 42.6 Å². The maximum absolute atomic E-state index is 13.6. The van der Waals surface area contributed by atoms with Gasteiger partial charge in [-0.3, -0.25) is 14.3 Å². The van der Waals surface area contributed by atoms with Gasteiger partial charge in [-0.05, 0) is 61.1 Å². The maximum atomic E-state index is 13.6. The van der Waals surface area contributed by atoms with Crippen LogP contribution in [0.5, 0.6) is 5.75 Å². The van der Waals surface area contributed by atoms with E-state index in [1.165, 1.54) is 0 Å². The van der Waals surface area contributed by atoms with Crippen molar-refractivity contribution >= 4 is 17.6 Å². The van der Waals surface area contributed by atoms with Crippen LogP contribution in [0.25, 0.3) is 11.3 Å². The van der Waals surface area contributed by atoms with Gasteiger partial charge in [-0.2, -0.15) is 5.26 Å². The molecule has 3 atom stereocenters. The number of benzene rings is 2. The standard InChI is InChI=1S/C27H27N5O4/c1-16-25(26(35)29-21-12-17(14-28)6-7-18(21)4-3-5-24(33)34)27(16)10-11-36-23-9-8-19(13-20(23)27)22-15-32(2)31-30-22/h6-9,12-13,15-16,25H,3-5,10-11H2,1-2H3,(H,29,35)(H,33,34)/t16?,25?,27-/m0/s1. The fourth-order valence-corrected chi connectivity index (χ4v) is 5.63. The van der Waals surface area contributed by atoms with Gasteiger partial charge in [-0.25, -0.2) is 0 Å². The molecule has 2 aromatic carbocycles. The predicted molar refractivity (Wildman–Crippen MR) is 131 cm³/mol. The van der Waals surface area contributed by atoms with Crippen LogP contribution in [0.4, 0.5) is 5.69 Å². The second-order valence-corrected chi connectivity index (χ2v) is 9.61. The van der Waals surface area contributed by atoms with Crippen molar-refractivity contribution in [3.8, 4) is 23.1 Å². The SMILES string of the molecule is CC1C(C(=O)Nc2cc(C#N)ccc2CCCC(=O)O)[C@@]12CCOc1ccc(-c3cn(C)nn3)cc12. The van der Waals surface area contributed by atoms with E-state index in [1.807, 2.05) is 25.4 Å². The molecule has 2 heterocycles. The lowest BCUT2D eigenvalue weighted by molar-refractivity contribution is -0.137. The van der Waals surface area contributed by atoms with Gasteiger partial charge in [0, 0.05) is 35.7 Å². The molecule has 5 rings (SSSR count). The van der Waals surface area contributed by atoms with Crippen molar-refractivity contribution < 1.29 is 19.4 Å². The number of ether oxygens (including phenoxy) is 1. The first kappa shape index (κ1) is 23.5. The van der Waals surface area contributed by atoms with E-state index in [4.69, 9.17) is 9.84 Å². The summed E-state index contributed by atoms with van der Waals surface area (Å²) in [5.74, 6) is -0.324. The summed E-state index contributed by atoms with van der Waals surface area (Å²) in [6.07, 6.45) is 3.57. The fourth-order valence-electron chi connectivity index (χ4n) is 5.63. The van der Waals surface area contributed by atoms with Gasteiger partial charge in [0.25, 0.3) is 0 Å². The Labute approximate surface area is 208 Å². The number of anilines is 1. The second kappa shape index (κ2) is 9.11. The molecule has 1 aliphatic heterocycles. The van der Waals surface area contributed by atoms with E-state index in [9.17, 15) is 14.9 Å². The van der Waals surface area contributed by atoms with Crippen LogP contribution in [0.2, 0.25) is 0 Å². The van der Waals surface area contributed by atoms with E-state index in [1.54, 1.807) is 22.9 Å². The van der Waals surface area contributed by atoms with Gasteiger partial charge in [-0.15, -0.1) is 5.10 Å². The Morgan fingerprint density at radius 3 is 2.86 bits per heavy atom. The molecule has 1 fully saturated rings. The maximum Gasteiger partial charge on any atom is 0.303 e. The molecule has 2 unspecified atom stereocenters. The first-order valence-electron chi connectivity index (χ1n) is 12.0. The van der Waals surface area contributed by atoms with Crippen LogP contribution in [-0.4, -0.2) is 38.6 Å². The molecule has 1 aliphatic carbocycles. The number of rotatable bonds is 7. The summed E-state index contributed by atoms with van der Waals surface area (Å²) in [7, 11) is 1.82. The van der Waals surface area contributed by atoms with Gasteiger partial charge in [0.1, 0.15) is 11.4 Å². The first-order valence-corrected chi connectivity index (χ1v) is 12.0. The Morgan fingerprint density at radius 2 is 2.14 bits per heavy atom. The van der Waals surface area contributed by atoms with Crippen LogP contribution in [0.3, 0.4) is 0 Å². The minimum atomic E-state index is -0.859. The lowest BCUT2D eigenvalue weighted by atomic mass is 9.84. The second-order valence-electron chi connectivity index (χ2n) is 9.61. The normalized spacial score (nSPS) is 21.8. The molecule has 36 heavy (non-hydrogen) atoms. The molecular formula is C27H27N5O4. The molecule has 1 spiro atoms. The van der Waals surface area contributed by atoms with Gasteiger partial charge >= 0.3 is 5.97 Å². The van der Waals surface area contributed by atoms with E-state index in [0.717, 1.165) is 34.6 Å². The molecule has 1 saturated carbocycles. The lowest BCUT2D eigenvalue weighted by Crippen LogP contribution is -2.27. The summed E-state index contributed by atoms with van der Waals surface area (Å²) in [6, 6.07) is 13.2. The topological polar surface area (TPSA) is 130 Å². The highest BCUT2D eigenvalue weighted by Gasteiger charge is 2.67. The number of carbonyl (C=O) groups excluding carboxylic acids is 1. The molecule has 0 radical (unpaired) electrons. The number of carbonyl (C=O) groups is 2.